The van der Waals surface area contributed by atoms with E-state index in [2.05, 4.69) is 132 Å². The number of anilines is 3. The predicted molar refractivity (Wildman–Crippen MR) is 188 cm³/mol. The molecule has 0 radical (unpaired) electrons. The summed E-state index contributed by atoms with van der Waals surface area (Å²) in [6.07, 6.45) is 0. The fraction of sp³-hybridized carbons (Fsp3) is 0. The summed E-state index contributed by atoms with van der Waals surface area (Å²) < 4.78 is 12.8. The van der Waals surface area contributed by atoms with E-state index in [1.165, 1.54) is 32.3 Å². The minimum absolute atomic E-state index is 0.860. The monoisotopic (exact) mass is 575 g/mol. The molecule has 45 heavy (non-hydrogen) atoms. The molecule has 10 aromatic rings. The van der Waals surface area contributed by atoms with E-state index in [0.717, 1.165) is 60.9 Å². The van der Waals surface area contributed by atoms with Gasteiger partial charge in [0, 0.05) is 50.4 Å². The van der Waals surface area contributed by atoms with E-state index in [1.54, 1.807) is 0 Å². The second-order valence-corrected chi connectivity index (χ2v) is 11.7. The SMILES string of the molecule is c1ccc2c(c1)ccc1c3ccccc3c(N(c3ccc4c(c3)oc3ccccc34)c3ccc4c(c3)oc3ccccc34)cc21. The van der Waals surface area contributed by atoms with Gasteiger partial charge in [-0.05, 0) is 69.4 Å². The second-order valence-electron chi connectivity index (χ2n) is 11.7. The van der Waals surface area contributed by atoms with Crippen molar-refractivity contribution in [2.24, 2.45) is 0 Å². The molecule has 2 aromatic heterocycles. The van der Waals surface area contributed by atoms with Crippen molar-refractivity contribution >= 4 is 93.3 Å². The number of fused-ring (bicyclic) bond motifs is 11. The fourth-order valence-corrected chi connectivity index (χ4v) is 7.16. The van der Waals surface area contributed by atoms with Gasteiger partial charge in [-0.3, -0.25) is 0 Å². The van der Waals surface area contributed by atoms with Gasteiger partial charge < -0.3 is 13.7 Å². The minimum Gasteiger partial charge on any atom is -0.456 e. The van der Waals surface area contributed by atoms with E-state index in [1.807, 2.05) is 24.3 Å². The van der Waals surface area contributed by atoms with Gasteiger partial charge in [-0.2, -0.15) is 0 Å². The van der Waals surface area contributed by atoms with E-state index >= 15 is 0 Å². The van der Waals surface area contributed by atoms with Crippen molar-refractivity contribution in [3.05, 3.63) is 152 Å². The van der Waals surface area contributed by atoms with Gasteiger partial charge in [0.25, 0.3) is 0 Å². The summed E-state index contributed by atoms with van der Waals surface area (Å²) in [6, 6.07) is 53.8. The van der Waals surface area contributed by atoms with Crippen LogP contribution in [0.2, 0.25) is 0 Å². The third-order valence-corrected chi connectivity index (χ3v) is 9.23. The molecule has 2 heterocycles. The summed E-state index contributed by atoms with van der Waals surface area (Å²) in [6.45, 7) is 0. The molecule has 0 aliphatic carbocycles. The Hall–Kier alpha value is -6.06. The van der Waals surface area contributed by atoms with Crippen molar-refractivity contribution in [3.63, 3.8) is 0 Å². The molecule has 0 saturated carbocycles. The van der Waals surface area contributed by atoms with Crippen LogP contribution in [0.1, 0.15) is 0 Å². The van der Waals surface area contributed by atoms with E-state index in [-0.39, 0.29) is 0 Å². The highest BCUT2D eigenvalue weighted by molar-refractivity contribution is 6.21. The Balaban J connectivity index is 1.31. The summed E-state index contributed by atoms with van der Waals surface area (Å²) in [5.41, 5.74) is 6.63. The number of hydrogen-bond donors (Lipinski definition) is 0. The molecule has 10 rings (SSSR count). The Bertz CT molecular complexity index is 2670. The largest absolute Gasteiger partial charge is 0.456 e. The number of rotatable bonds is 3. The summed E-state index contributed by atoms with van der Waals surface area (Å²) in [4.78, 5) is 2.35. The van der Waals surface area contributed by atoms with E-state index in [9.17, 15) is 0 Å². The molecule has 0 aliphatic heterocycles. The number of nitrogens with zero attached hydrogens (tertiary/aromatic N) is 1. The van der Waals surface area contributed by atoms with Crippen molar-refractivity contribution in [1.29, 1.82) is 0 Å². The number of furan rings is 2. The highest BCUT2D eigenvalue weighted by Gasteiger charge is 2.21. The van der Waals surface area contributed by atoms with Crippen LogP contribution >= 0.6 is 0 Å². The van der Waals surface area contributed by atoms with Crippen molar-refractivity contribution in [2.45, 2.75) is 0 Å². The summed E-state index contributed by atoms with van der Waals surface area (Å²) in [5.74, 6) is 0. The summed E-state index contributed by atoms with van der Waals surface area (Å²) in [7, 11) is 0. The smallest absolute Gasteiger partial charge is 0.137 e. The van der Waals surface area contributed by atoms with Crippen LogP contribution < -0.4 is 4.90 Å². The van der Waals surface area contributed by atoms with Gasteiger partial charge in [0.2, 0.25) is 0 Å². The maximum Gasteiger partial charge on any atom is 0.137 e. The molecular weight excluding hydrogens is 550 g/mol. The molecule has 0 fully saturated rings. The first-order chi connectivity index (χ1) is 22.3. The van der Waals surface area contributed by atoms with Crippen molar-refractivity contribution in [3.8, 4) is 0 Å². The van der Waals surface area contributed by atoms with Gasteiger partial charge in [-0.15, -0.1) is 0 Å². The molecule has 0 aliphatic rings. The van der Waals surface area contributed by atoms with Gasteiger partial charge >= 0.3 is 0 Å². The predicted octanol–water partition coefficient (Wildman–Crippen LogP) is 12.4. The first-order valence-electron chi connectivity index (χ1n) is 15.3. The van der Waals surface area contributed by atoms with E-state index in [0.29, 0.717) is 0 Å². The van der Waals surface area contributed by atoms with E-state index < -0.39 is 0 Å². The zero-order chi connectivity index (χ0) is 29.5. The molecule has 3 nitrogen and oxygen atoms in total. The van der Waals surface area contributed by atoms with Crippen molar-refractivity contribution in [2.75, 3.05) is 4.90 Å². The quantitative estimate of drug-likeness (QED) is 0.196. The second kappa shape index (κ2) is 9.22. The normalized spacial score (nSPS) is 12.0. The first kappa shape index (κ1) is 24.4. The highest BCUT2D eigenvalue weighted by Crippen LogP contribution is 2.45. The molecule has 0 atom stereocenters. The topological polar surface area (TPSA) is 29.5 Å². The lowest BCUT2D eigenvalue weighted by Gasteiger charge is -2.27. The maximum atomic E-state index is 6.40. The molecule has 0 saturated heterocycles. The Kier molecular flexibility index (Phi) is 5.00. The molecule has 8 aromatic carbocycles. The van der Waals surface area contributed by atoms with Gasteiger partial charge in [0.05, 0.1) is 5.69 Å². The van der Waals surface area contributed by atoms with Crippen LogP contribution in [0.25, 0.3) is 76.2 Å². The molecule has 0 unspecified atom stereocenters. The lowest BCUT2D eigenvalue weighted by molar-refractivity contribution is 0.669. The van der Waals surface area contributed by atoms with Crippen LogP contribution in [0, 0.1) is 0 Å². The van der Waals surface area contributed by atoms with Gasteiger partial charge in [0.15, 0.2) is 0 Å². The number of hydrogen-bond acceptors (Lipinski definition) is 3. The van der Waals surface area contributed by atoms with Crippen LogP contribution in [0.15, 0.2) is 160 Å². The van der Waals surface area contributed by atoms with Gasteiger partial charge in [0.1, 0.15) is 22.3 Å². The summed E-state index contributed by atoms with van der Waals surface area (Å²) >= 11 is 0. The summed E-state index contributed by atoms with van der Waals surface area (Å²) in [5, 5.41) is 11.8. The van der Waals surface area contributed by atoms with Crippen LogP contribution in [0.4, 0.5) is 17.1 Å². The molecule has 3 heteroatoms. The lowest BCUT2D eigenvalue weighted by Crippen LogP contribution is -2.10. The van der Waals surface area contributed by atoms with Crippen LogP contribution in [0.3, 0.4) is 0 Å². The molecule has 0 N–H and O–H groups in total. The molecular formula is C42H25NO2. The third-order valence-electron chi connectivity index (χ3n) is 9.23. The standard InChI is InChI=1S/C42H25NO2/c1-2-10-29-26(9-1)17-20-31-30-11-3-4-12-32(30)38(25-37(29)31)43(27-18-21-35-33-13-5-7-15-39(33)44-41(35)23-27)28-19-22-36-34-14-6-8-16-40(34)45-42(36)24-28/h1-25H. The fourth-order valence-electron chi connectivity index (χ4n) is 7.16. The Labute approximate surface area is 258 Å². The first-order valence-corrected chi connectivity index (χ1v) is 15.3. The van der Waals surface area contributed by atoms with Crippen molar-refractivity contribution < 1.29 is 8.83 Å². The Morgan fingerprint density at radius 3 is 1.42 bits per heavy atom. The highest BCUT2D eigenvalue weighted by atomic mass is 16.3. The van der Waals surface area contributed by atoms with Crippen molar-refractivity contribution in [1.82, 2.24) is 0 Å². The van der Waals surface area contributed by atoms with Crippen LogP contribution in [-0.4, -0.2) is 0 Å². The Morgan fingerprint density at radius 2 is 0.778 bits per heavy atom. The average molecular weight is 576 g/mol. The number of benzene rings is 8. The van der Waals surface area contributed by atoms with Crippen LogP contribution in [0.5, 0.6) is 0 Å². The molecule has 0 amide bonds. The molecule has 0 spiro atoms. The average Bonchev–Trinajstić information content (AvgIpc) is 3.66. The zero-order valence-electron chi connectivity index (χ0n) is 24.2. The third kappa shape index (κ3) is 3.58. The van der Waals surface area contributed by atoms with Crippen LogP contribution in [-0.2, 0) is 0 Å². The van der Waals surface area contributed by atoms with Gasteiger partial charge in [-0.25, -0.2) is 0 Å². The van der Waals surface area contributed by atoms with E-state index in [4.69, 9.17) is 8.83 Å². The number of para-hydroxylation sites is 2. The lowest BCUT2D eigenvalue weighted by atomic mass is 9.95. The minimum atomic E-state index is 0.860. The zero-order valence-corrected chi connectivity index (χ0v) is 24.2. The van der Waals surface area contributed by atoms with Gasteiger partial charge in [-0.1, -0.05) is 97.1 Å². The maximum absolute atomic E-state index is 6.40. The molecule has 210 valence electrons. The Morgan fingerprint density at radius 1 is 0.311 bits per heavy atom. The molecule has 0 bridgehead atoms.